The molecule has 2 aromatic rings. The van der Waals surface area contributed by atoms with Crippen LogP contribution >= 0.6 is 0 Å². The zero-order valence-corrected chi connectivity index (χ0v) is 25.6. The third-order valence-corrected chi connectivity index (χ3v) is 6.16. The summed E-state index contributed by atoms with van der Waals surface area (Å²) in [5.41, 5.74) is 9.64. The van der Waals surface area contributed by atoms with Gasteiger partial charge in [0.05, 0.1) is 0 Å². The van der Waals surface area contributed by atoms with Gasteiger partial charge in [-0.3, -0.25) is 0 Å². The van der Waals surface area contributed by atoms with Gasteiger partial charge in [-0.05, 0) is 63.1 Å². The molecule has 2 nitrogen and oxygen atoms in total. The van der Waals surface area contributed by atoms with Crippen LogP contribution in [0, 0.1) is 0 Å². The van der Waals surface area contributed by atoms with Crippen molar-refractivity contribution in [3.63, 3.8) is 0 Å². The lowest BCUT2D eigenvalue weighted by Gasteiger charge is -2.11. The van der Waals surface area contributed by atoms with Gasteiger partial charge >= 0.3 is 0 Å². The predicted octanol–water partition coefficient (Wildman–Crippen LogP) is 10.00. The minimum Gasteiger partial charge on any atom is -0.378 e. The first-order valence-electron chi connectivity index (χ1n) is 13.8. The number of hydrogen-bond donors (Lipinski definition) is 0. The lowest BCUT2D eigenvalue weighted by molar-refractivity contribution is 1.13. The number of rotatable bonds is 12. The van der Waals surface area contributed by atoms with Crippen LogP contribution in [0.1, 0.15) is 38.8 Å². The van der Waals surface area contributed by atoms with Crippen LogP contribution in [0.25, 0.3) is 12.2 Å². The minimum absolute atomic E-state index is 1.20. The Labute approximate surface area is 243 Å². The SMILES string of the molecule is CC(/C=C/C=C(C)/C=C/c1ccc(N(C)C)cc1)=C\C=C\C=C(C)\C=C\C=C(C)\C=C\c1ccc(N(C)C)cc1. The van der Waals surface area contributed by atoms with Crippen molar-refractivity contribution in [2.45, 2.75) is 27.7 Å². The Kier molecular flexibility index (Phi) is 13.8. The molecule has 0 atom stereocenters. The van der Waals surface area contributed by atoms with Crippen LogP contribution in [0.3, 0.4) is 0 Å². The minimum atomic E-state index is 1.20. The molecule has 2 rings (SSSR count). The van der Waals surface area contributed by atoms with Gasteiger partial charge in [-0.25, -0.2) is 0 Å². The maximum atomic E-state index is 2.15. The number of allylic oxidation sites excluding steroid dienone is 16. The Morgan fingerprint density at radius 3 is 1.05 bits per heavy atom. The van der Waals surface area contributed by atoms with Crippen LogP contribution in [0.15, 0.2) is 144 Å². The Bertz CT molecular complexity index is 1230. The van der Waals surface area contributed by atoms with Gasteiger partial charge < -0.3 is 9.80 Å². The van der Waals surface area contributed by atoms with Crippen LogP contribution in [-0.2, 0) is 0 Å². The Balaban J connectivity index is 1.82. The molecule has 40 heavy (non-hydrogen) atoms. The van der Waals surface area contributed by atoms with Crippen molar-refractivity contribution in [1.29, 1.82) is 0 Å². The van der Waals surface area contributed by atoms with Gasteiger partial charge in [0.1, 0.15) is 0 Å². The summed E-state index contributed by atoms with van der Waals surface area (Å²) < 4.78 is 0. The third kappa shape index (κ3) is 13.0. The van der Waals surface area contributed by atoms with E-state index in [0.29, 0.717) is 0 Å². The number of nitrogens with zero attached hydrogens (tertiary/aromatic N) is 2. The second kappa shape index (κ2) is 17.3. The fourth-order valence-corrected chi connectivity index (χ4v) is 3.56. The highest BCUT2D eigenvalue weighted by Gasteiger charge is 1.94. The lowest BCUT2D eigenvalue weighted by atomic mass is 10.1. The summed E-state index contributed by atoms with van der Waals surface area (Å²) in [6.45, 7) is 8.46. The van der Waals surface area contributed by atoms with Crippen LogP contribution in [-0.4, -0.2) is 28.2 Å². The molecule has 0 aliphatic carbocycles. The molecule has 2 aromatic carbocycles. The standard InChI is InChI=1S/C38H46N2/c1-31(15-11-17-33(3)19-21-35-23-27-37(28-24-35)39(5)6)13-9-10-14-32(2)16-12-18-34(4)20-22-36-25-29-38(30-26-36)40(7)8/h9-30H,1-8H3/b10-9+,15-11+,16-12+,21-19+,22-20+,31-13+,32-14+,33-17+,34-18+. The zero-order chi connectivity index (χ0) is 29.3. The van der Waals surface area contributed by atoms with E-state index in [-0.39, 0.29) is 0 Å². The normalized spacial score (nSPS) is 14.1. The molecule has 0 radical (unpaired) electrons. The first-order valence-corrected chi connectivity index (χ1v) is 13.8. The quantitative estimate of drug-likeness (QED) is 0.252. The Hall–Kier alpha value is -4.30. The maximum absolute atomic E-state index is 2.15. The third-order valence-electron chi connectivity index (χ3n) is 6.16. The van der Waals surface area contributed by atoms with Crippen molar-refractivity contribution >= 4 is 23.5 Å². The van der Waals surface area contributed by atoms with E-state index in [9.17, 15) is 0 Å². The molecule has 2 heteroatoms. The van der Waals surface area contributed by atoms with Crippen LogP contribution in [0.2, 0.25) is 0 Å². The van der Waals surface area contributed by atoms with Gasteiger partial charge in [-0.15, -0.1) is 0 Å². The topological polar surface area (TPSA) is 6.48 Å². The van der Waals surface area contributed by atoms with Gasteiger partial charge in [0, 0.05) is 39.6 Å². The van der Waals surface area contributed by atoms with Crippen molar-refractivity contribution in [2.75, 3.05) is 38.0 Å². The van der Waals surface area contributed by atoms with Gasteiger partial charge in [-0.1, -0.05) is 132 Å². The van der Waals surface area contributed by atoms with E-state index in [0.717, 1.165) is 0 Å². The molecule has 0 bridgehead atoms. The highest BCUT2D eigenvalue weighted by molar-refractivity contribution is 5.58. The zero-order valence-electron chi connectivity index (χ0n) is 25.6. The largest absolute Gasteiger partial charge is 0.378 e. The van der Waals surface area contributed by atoms with Gasteiger partial charge in [0.25, 0.3) is 0 Å². The maximum Gasteiger partial charge on any atom is 0.0361 e. The molecule has 0 aromatic heterocycles. The predicted molar refractivity (Wildman–Crippen MR) is 182 cm³/mol. The highest BCUT2D eigenvalue weighted by Crippen LogP contribution is 2.15. The average molecular weight is 531 g/mol. The second-order valence-electron chi connectivity index (χ2n) is 10.4. The fraction of sp³-hybridized carbons (Fsp3) is 0.211. The van der Waals surface area contributed by atoms with E-state index in [1.165, 1.54) is 44.8 Å². The molecule has 208 valence electrons. The molecule has 0 aliphatic heterocycles. The van der Waals surface area contributed by atoms with Crippen molar-refractivity contribution in [2.24, 2.45) is 0 Å². The van der Waals surface area contributed by atoms with Crippen molar-refractivity contribution in [3.05, 3.63) is 155 Å². The first kappa shape index (κ1) is 31.9. The molecule has 0 spiro atoms. The Morgan fingerprint density at radius 1 is 0.425 bits per heavy atom. The summed E-state index contributed by atoms with van der Waals surface area (Å²) in [4.78, 5) is 4.21. The van der Waals surface area contributed by atoms with E-state index >= 15 is 0 Å². The molecule has 0 unspecified atom stereocenters. The number of hydrogen-bond acceptors (Lipinski definition) is 2. The molecule has 0 saturated heterocycles. The highest BCUT2D eigenvalue weighted by atomic mass is 15.1. The van der Waals surface area contributed by atoms with Crippen molar-refractivity contribution in [3.8, 4) is 0 Å². The smallest absolute Gasteiger partial charge is 0.0361 e. The van der Waals surface area contributed by atoms with E-state index in [1.54, 1.807) is 0 Å². The fourth-order valence-electron chi connectivity index (χ4n) is 3.56. The summed E-state index contributed by atoms with van der Waals surface area (Å²) in [6, 6.07) is 17.1. The van der Waals surface area contributed by atoms with Gasteiger partial charge in [0.2, 0.25) is 0 Å². The van der Waals surface area contributed by atoms with Crippen molar-refractivity contribution < 1.29 is 0 Å². The summed E-state index contributed by atoms with van der Waals surface area (Å²) in [5.74, 6) is 0. The van der Waals surface area contributed by atoms with Gasteiger partial charge in [0.15, 0.2) is 0 Å². The van der Waals surface area contributed by atoms with Crippen LogP contribution < -0.4 is 9.80 Å². The van der Waals surface area contributed by atoms with Crippen LogP contribution in [0.5, 0.6) is 0 Å². The second-order valence-corrected chi connectivity index (χ2v) is 10.4. The van der Waals surface area contributed by atoms with E-state index in [2.05, 4.69) is 199 Å². The summed E-state index contributed by atoms with van der Waals surface area (Å²) >= 11 is 0. The van der Waals surface area contributed by atoms with E-state index in [1.807, 2.05) is 0 Å². The number of anilines is 2. The van der Waals surface area contributed by atoms with E-state index in [4.69, 9.17) is 0 Å². The molecular formula is C38H46N2. The lowest BCUT2D eigenvalue weighted by Crippen LogP contribution is -2.07. The molecule has 0 heterocycles. The molecular weight excluding hydrogens is 484 g/mol. The first-order chi connectivity index (χ1) is 19.1. The van der Waals surface area contributed by atoms with E-state index < -0.39 is 0 Å². The molecule has 0 N–H and O–H groups in total. The number of benzene rings is 2. The molecule has 0 amide bonds. The molecule has 0 saturated carbocycles. The molecule has 0 aliphatic rings. The monoisotopic (exact) mass is 530 g/mol. The van der Waals surface area contributed by atoms with Crippen LogP contribution in [0.4, 0.5) is 11.4 Å². The molecule has 0 fully saturated rings. The average Bonchev–Trinajstić information content (AvgIpc) is 2.93. The summed E-state index contributed by atoms with van der Waals surface area (Å²) in [6.07, 6.45) is 29.7. The van der Waals surface area contributed by atoms with Crippen molar-refractivity contribution in [1.82, 2.24) is 0 Å². The summed E-state index contributed by atoms with van der Waals surface area (Å²) in [5, 5.41) is 0. The summed E-state index contributed by atoms with van der Waals surface area (Å²) in [7, 11) is 8.22. The Morgan fingerprint density at radius 2 is 0.725 bits per heavy atom. The van der Waals surface area contributed by atoms with Gasteiger partial charge in [-0.2, -0.15) is 0 Å².